The maximum absolute atomic E-state index is 12.5. The number of halogens is 1. The smallest absolute Gasteiger partial charge is 0.251 e. The summed E-state index contributed by atoms with van der Waals surface area (Å²) in [5.74, 6) is -0.134. The van der Waals surface area contributed by atoms with E-state index in [0.29, 0.717) is 17.1 Å². The maximum atomic E-state index is 12.5. The van der Waals surface area contributed by atoms with Gasteiger partial charge in [0.1, 0.15) is 0 Å². The molecule has 1 aromatic heterocycles. The molecule has 5 heteroatoms. The average molecular weight is 402 g/mol. The summed E-state index contributed by atoms with van der Waals surface area (Å²) in [6.45, 7) is 2.38. The second kappa shape index (κ2) is 8.33. The van der Waals surface area contributed by atoms with Crippen LogP contribution in [0.25, 0.3) is 22.5 Å². The summed E-state index contributed by atoms with van der Waals surface area (Å²) in [4.78, 5) is 12.5. The van der Waals surface area contributed by atoms with E-state index in [9.17, 15) is 4.79 Å². The number of hydrogen-bond acceptors (Lipinski definition) is 2. The molecule has 2 N–H and O–H groups in total. The van der Waals surface area contributed by atoms with Gasteiger partial charge in [-0.3, -0.25) is 9.89 Å². The molecule has 0 fully saturated rings. The minimum absolute atomic E-state index is 0.134. The van der Waals surface area contributed by atoms with Crippen LogP contribution >= 0.6 is 11.6 Å². The van der Waals surface area contributed by atoms with Crippen molar-refractivity contribution in [1.29, 1.82) is 0 Å². The maximum Gasteiger partial charge on any atom is 0.251 e. The van der Waals surface area contributed by atoms with Crippen LogP contribution in [0.15, 0.2) is 78.9 Å². The Kier molecular flexibility index (Phi) is 5.45. The van der Waals surface area contributed by atoms with E-state index in [1.807, 2.05) is 85.8 Å². The van der Waals surface area contributed by atoms with E-state index in [-0.39, 0.29) is 5.91 Å². The lowest BCUT2D eigenvalue weighted by molar-refractivity contribution is 0.0951. The fourth-order valence-corrected chi connectivity index (χ4v) is 3.48. The first-order valence-electron chi connectivity index (χ1n) is 9.35. The summed E-state index contributed by atoms with van der Waals surface area (Å²) in [5, 5.41) is 11.0. The van der Waals surface area contributed by atoms with E-state index >= 15 is 0 Å². The van der Waals surface area contributed by atoms with Crippen molar-refractivity contribution >= 4 is 17.5 Å². The summed E-state index contributed by atoms with van der Waals surface area (Å²) in [7, 11) is 0. The Morgan fingerprint density at radius 2 is 1.72 bits per heavy atom. The van der Waals surface area contributed by atoms with Crippen molar-refractivity contribution in [3.63, 3.8) is 0 Å². The van der Waals surface area contributed by atoms with Gasteiger partial charge in [-0.2, -0.15) is 5.10 Å². The summed E-state index contributed by atoms with van der Waals surface area (Å²) >= 11 is 6.23. The summed E-state index contributed by atoms with van der Waals surface area (Å²) in [6, 6.07) is 25.2. The second-order valence-corrected chi connectivity index (χ2v) is 7.24. The Balaban J connectivity index is 1.45. The van der Waals surface area contributed by atoms with Crippen molar-refractivity contribution in [2.24, 2.45) is 0 Å². The molecule has 0 atom stereocenters. The summed E-state index contributed by atoms with van der Waals surface area (Å²) in [6.07, 6.45) is 0. The lowest BCUT2D eigenvalue weighted by Crippen LogP contribution is -2.23. The van der Waals surface area contributed by atoms with E-state index in [2.05, 4.69) is 15.5 Å². The summed E-state index contributed by atoms with van der Waals surface area (Å²) in [5.41, 5.74) is 6.41. The molecule has 144 valence electrons. The van der Waals surface area contributed by atoms with E-state index in [1.54, 1.807) is 0 Å². The fraction of sp³-hybridized carbons (Fsp3) is 0.0833. The third kappa shape index (κ3) is 4.23. The molecule has 4 nitrogen and oxygen atoms in total. The van der Waals surface area contributed by atoms with Crippen molar-refractivity contribution in [2.45, 2.75) is 13.5 Å². The third-order valence-electron chi connectivity index (χ3n) is 4.88. The van der Waals surface area contributed by atoms with Gasteiger partial charge in [-0.25, -0.2) is 0 Å². The van der Waals surface area contributed by atoms with Crippen LogP contribution in [-0.2, 0) is 6.54 Å². The number of carbonyl (C=O) groups is 1. The van der Waals surface area contributed by atoms with Crippen LogP contribution in [0.2, 0.25) is 5.02 Å². The Labute approximate surface area is 174 Å². The van der Waals surface area contributed by atoms with Crippen LogP contribution in [0.1, 0.15) is 21.5 Å². The topological polar surface area (TPSA) is 57.8 Å². The zero-order valence-corrected chi connectivity index (χ0v) is 16.7. The van der Waals surface area contributed by atoms with Crippen molar-refractivity contribution in [1.82, 2.24) is 15.5 Å². The third-order valence-corrected chi connectivity index (χ3v) is 5.24. The predicted molar refractivity (Wildman–Crippen MR) is 117 cm³/mol. The second-order valence-electron chi connectivity index (χ2n) is 6.83. The number of nitrogens with one attached hydrogen (secondary N) is 2. The minimum Gasteiger partial charge on any atom is -0.348 e. The van der Waals surface area contributed by atoms with Gasteiger partial charge in [0.2, 0.25) is 0 Å². The Hall–Kier alpha value is -3.37. The van der Waals surface area contributed by atoms with Crippen LogP contribution in [0, 0.1) is 6.92 Å². The van der Waals surface area contributed by atoms with E-state index in [0.717, 1.165) is 33.6 Å². The van der Waals surface area contributed by atoms with Crippen LogP contribution < -0.4 is 5.32 Å². The normalized spacial score (nSPS) is 10.7. The molecule has 0 aliphatic carbocycles. The number of aromatic nitrogens is 2. The van der Waals surface area contributed by atoms with E-state index < -0.39 is 0 Å². The van der Waals surface area contributed by atoms with E-state index in [1.165, 1.54) is 0 Å². The zero-order chi connectivity index (χ0) is 20.2. The highest BCUT2D eigenvalue weighted by Crippen LogP contribution is 2.24. The monoisotopic (exact) mass is 401 g/mol. The highest BCUT2D eigenvalue weighted by Gasteiger charge is 2.10. The van der Waals surface area contributed by atoms with Gasteiger partial charge in [-0.15, -0.1) is 0 Å². The molecule has 1 amide bonds. The largest absolute Gasteiger partial charge is 0.348 e. The van der Waals surface area contributed by atoms with Gasteiger partial charge in [-0.05, 0) is 47.9 Å². The predicted octanol–water partition coefficient (Wildman–Crippen LogP) is 5.64. The first-order chi connectivity index (χ1) is 14.1. The lowest BCUT2D eigenvalue weighted by Gasteiger charge is -2.10. The van der Waals surface area contributed by atoms with Gasteiger partial charge in [-0.1, -0.05) is 66.2 Å². The zero-order valence-electron chi connectivity index (χ0n) is 15.9. The highest BCUT2D eigenvalue weighted by atomic mass is 35.5. The molecule has 4 rings (SSSR count). The van der Waals surface area contributed by atoms with Gasteiger partial charge in [0.15, 0.2) is 0 Å². The SMILES string of the molecule is Cc1cccc(Cl)c1CNC(=O)c1ccc(-c2cc(-c3ccccc3)n[nH]2)cc1. The molecule has 0 bridgehead atoms. The van der Waals surface area contributed by atoms with Gasteiger partial charge in [0.25, 0.3) is 5.91 Å². The quantitative estimate of drug-likeness (QED) is 0.455. The number of amides is 1. The van der Waals surface area contributed by atoms with Gasteiger partial charge in [0.05, 0.1) is 11.4 Å². The minimum atomic E-state index is -0.134. The van der Waals surface area contributed by atoms with E-state index in [4.69, 9.17) is 11.6 Å². The first kappa shape index (κ1) is 19.0. The van der Waals surface area contributed by atoms with Crippen LogP contribution in [0.4, 0.5) is 0 Å². The molecule has 0 saturated heterocycles. The van der Waals surface area contributed by atoms with Gasteiger partial charge >= 0.3 is 0 Å². The van der Waals surface area contributed by atoms with Gasteiger partial charge < -0.3 is 5.32 Å². The number of hydrogen-bond donors (Lipinski definition) is 2. The Bertz CT molecular complexity index is 1110. The molecule has 3 aromatic carbocycles. The molecule has 29 heavy (non-hydrogen) atoms. The fourth-order valence-electron chi connectivity index (χ4n) is 3.19. The van der Waals surface area contributed by atoms with Crippen LogP contribution in [-0.4, -0.2) is 16.1 Å². The number of rotatable bonds is 5. The summed E-state index contributed by atoms with van der Waals surface area (Å²) < 4.78 is 0. The number of benzene rings is 3. The van der Waals surface area contributed by atoms with Gasteiger partial charge in [0, 0.05) is 22.7 Å². The molecular formula is C24H20ClN3O. The lowest BCUT2D eigenvalue weighted by atomic mass is 10.1. The molecule has 0 unspecified atom stereocenters. The number of aromatic amines is 1. The molecule has 0 spiro atoms. The molecule has 4 aromatic rings. The number of H-pyrrole nitrogens is 1. The van der Waals surface area contributed by atoms with Crippen molar-refractivity contribution in [3.8, 4) is 22.5 Å². The Morgan fingerprint density at radius 3 is 2.45 bits per heavy atom. The first-order valence-corrected chi connectivity index (χ1v) is 9.73. The molecule has 1 heterocycles. The molecule has 0 saturated carbocycles. The number of aryl methyl sites for hydroxylation is 1. The highest BCUT2D eigenvalue weighted by molar-refractivity contribution is 6.31. The molecule has 0 radical (unpaired) electrons. The van der Waals surface area contributed by atoms with Crippen molar-refractivity contribution < 1.29 is 4.79 Å². The standard InChI is InChI=1S/C24H20ClN3O/c1-16-6-5-9-21(25)20(16)15-26-24(29)19-12-10-18(11-13-19)23-14-22(27-28-23)17-7-3-2-4-8-17/h2-14H,15H2,1H3,(H,26,29)(H,27,28). The number of carbonyl (C=O) groups excluding carboxylic acids is 1. The number of nitrogens with zero attached hydrogens (tertiary/aromatic N) is 1. The van der Waals surface area contributed by atoms with Crippen molar-refractivity contribution in [3.05, 3.63) is 101 Å². The molecule has 0 aliphatic heterocycles. The van der Waals surface area contributed by atoms with Crippen molar-refractivity contribution in [2.75, 3.05) is 0 Å². The van der Waals surface area contributed by atoms with Crippen LogP contribution in [0.3, 0.4) is 0 Å². The molecule has 0 aliphatic rings. The Morgan fingerprint density at radius 1 is 0.966 bits per heavy atom. The average Bonchev–Trinajstić information content (AvgIpc) is 3.24. The molecular weight excluding hydrogens is 382 g/mol. The van der Waals surface area contributed by atoms with Crippen LogP contribution in [0.5, 0.6) is 0 Å².